The van der Waals surface area contributed by atoms with E-state index in [0.29, 0.717) is 5.56 Å². The highest BCUT2D eigenvalue weighted by Crippen LogP contribution is 2.52. The van der Waals surface area contributed by atoms with Crippen molar-refractivity contribution in [2.24, 2.45) is 10.8 Å². The molecule has 2 heterocycles. The smallest absolute Gasteiger partial charge is 0.437 e. The molecule has 0 bridgehead atoms. The van der Waals surface area contributed by atoms with Crippen LogP contribution in [0.1, 0.15) is 59.8 Å². The molecule has 0 radical (unpaired) electrons. The summed E-state index contributed by atoms with van der Waals surface area (Å²) >= 11 is 4.97. The van der Waals surface area contributed by atoms with E-state index >= 15 is 4.39 Å². The molecule has 12 nitrogen and oxygen atoms in total. The average molecular weight is 587 g/mol. The molecule has 1 aromatic rings. The molecule has 16 heteroatoms. The number of nitrogens with zero attached hydrogens (tertiary/aromatic N) is 1. The van der Waals surface area contributed by atoms with Crippen LogP contribution in [0.25, 0.3) is 0 Å². The Labute approximate surface area is 223 Å². The Morgan fingerprint density at radius 1 is 1.13 bits per heavy atom. The number of nitrogens with one attached hydrogen (secondary N) is 1. The number of ether oxygens (including phenoxy) is 3. The van der Waals surface area contributed by atoms with Crippen LogP contribution in [0.3, 0.4) is 0 Å². The number of aromatic nitrogens is 2. The summed E-state index contributed by atoms with van der Waals surface area (Å²) in [6.45, 7) is 7.77. The molecule has 0 unspecified atom stereocenters. The van der Waals surface area contributed by atoms with Gasteiger partial charge in [0.2, 0.25) is 13.6 Å². The number of halogens is 2. The van der Waals surface area contributed by atoms with Crippen LogP contribution in [0.15, 0.2) is 11.0 Å². The Balaban J connectivity index is 2.14. The number of carbonyl (C=O) groups is 2. The molecule has 1 aromatic heterocycles. The number of rotatable bonds is 10. The minimum absolute atomic E-state index is 0.158. The number of hydrogen-bond donors (Lipinski definition) is 1. The van der Waals surface area contributed by atoms with Crippen molar-refractivity contribution in [3.8, 4) is 0 Å². The predicted molar refractivity (Wildman–Crippen MR) is 131 cm³/mol. The van der Waals surface area contributed by atoms with Crippen molar-refractivity contribution in [2.75, 3.05) is 20.2 Å². The molecule has 216 valence electrons. The first-order valence-electron chi connectivity index (χ1n) is 11.5. The molecule has 0 amide bonds. The second-order valence-electron chi connectivity index (χ2n) is 10.6. The minimum atomic E-state index is -4.80. The summed E-state index contributed by atoms with van der Waals surface area (Å²) in [6.07, 6.45) is -2.98. The van der Waals surface area contributed by atoms with Gasteiger partial charge in [0.15, 0.2) is 6.17 Å². The Hall–Kier alpha value is -2.03. The highest BCUT2D eigenvalue weighted by atomic mass is 32.1. The molecule has 1 aliphatic heterocycles. The number of aryl methyl sites for hydroxylation is 1. The van der Waals surface area contributed by atoms with Crippen LogP contribution < -0.4 is 5.69 Å². The van der Waals surface area contributed by atoms with Crippen LogP contribution >= 0.6 is 20.0 Å². The van der Waals surface area contributed by atoms with Gasteiger partial charge in [0, 0.05) is 18.2 Å². The standard InChI is InChI=1S/C22H33F2N2O10PS/c1-13-9-26(19(29)25-16(13)38)15-8-14(23)22(24,36-15)10-33-37(30,34-11-31-17(27)20(2,3)4)35-12-32-18(28)21(5,6)7/h9,14-15H,8,10-12H2,1-7H3,(H,25,29,38)/t14-,15+,22+/m0/s1. The van der Waals surface area contributed by atoms with E-state index in [1.165, 1.54) is 6.20 Å². The molecule has 38 heavy (non-hydrogen) atoms. The minimum Gasteiger partial charge on any atom is -0.437 e. The van der Waals surface area contributed by atoms with Crippen LogP contribution in [0.2, 0.25) is 0 Å². The molecular weight excluding hydrogens is 553 g/mol. The number of phosphoric acid groups is 1. The van der Waals surface area contributed by atoms with E-state index in [1.54, 1.807) is 48.5 Å². The van der Waals surface area contributed by atoms with Crippen LogP contribution in [-0.2, 0) is 41.9 Å². The molecule has 0 spiro atoms. The largest absolute Gasteiger partial charge is 0.480 e. The fourth-order valence-electron chi connectivity index (χ4n) is 2.80. The van der Waals surface area contributed by atoms with Gasteiger partial charge in [-0.3, -0.25) is 23.7 Å². The van der Waals surface area contributed by atoms with E-state index < -0.39 is 81.1 Å². The summed E-state index contributed by atoms with van der Waals surface area (Å²) in [5, 5.41) is 0. The quantitative estimate of drug-likeness (QED) is 0.180. The Bertz CT molecular complexity index is 1160. The summed E-state index contributed by atoms with van der Waals surface area (Å²) in [7, 11) is -4.80. The van der Waals surface area contributed by atoms with Gasteiger partial charge in [0.05, 0.1) is 10.8 Å². The molecule has 0 aromatic carbocycles. The number of aromatic amines is 1. The third kappa shape index (κ3) is 8.48. The van der Waals surface area contributed by atoms with E-state index in [-0.39, 0.29) is 4.64 Å². The van der Waals surface area contributed by atoms with Crippen LogP contribution in [0.5, 0.6) is 0 Å². The molecule has 0 aliphatic carbocycles. The monoisotopic (exact) mass is 586 g/mol. The lowest BCUT2D eigenvalue weighted by Crippen LogP contribution is -2.37. The summed E-state index contributed by atoms with van der Waals surface area (Å²) in [5.74, 6) is -4.62. The topological polar surface area (TPSA) is 144 Å². The summed E-state index contributed by atoms with van der Waals surface area (Å²) in [6, 6.07) is 0. The highest BCUT2D eigenvalue weighted by Gasteiger charge is 2.53. The van der Waals surface area contributed by atoms with Crippen molar-refractivity contribution in [1.29, 1.82) is 0 Å². The van der Waals surface area contributed by atoms with E-state index in [1.807, 2.05) is 0 Å². The lowest BCUT2D eigenvalue weighted by molar-refractivity contribution is -0.197. The molecule has 3 atom stereocenters. The number of alkyl halides is 2. The Morgan fingerprint density at radius 2 is 1.63 bits per heavy atom. The summed E-state index contributed by atoms with van der Waals surface area (Å²) in [4.78, 5) is 38.5. The van der Waals surface area contributed by atoms with E-state index in [0.717, 1.165) is 4.57 Å². The van der Waals surface area contributed by atoms with Gasteiger partial charge >= 0.3 is 25.5 Å². The number of carbonyl (C=O) groups excluding carboxylic acids is 2. The third-order valence-corrected chi connectivity index (χ3v) is 6.82. The number of phosphoric ester groups is 1. The normalized spacial score (nSPS) is 22.3. The van der Waals surface area contributed by atoms with Crippen molar-refractivity contribution in [1.82, 2.24) is 9.55 Å². The second kappa shape index (κ2) is 12.0. The lowest BCUT2D eigenvalue weighted by Gasteiger charge is -2.25. The van der Waals surface area contributed by atoms with Crippen molar-refractivity contribution >= 4 is 32.0 Å². The third-order valence-electron chi connectivity index (χ3n) is 5.11. The zero-order valence-electron chi connectivity index (χ0n) is 22.2. The van der Waals surface area contributed by atoms with Crippen LogP contribution in [0, 0.1) is 22.4 Å². The molecular formula is C22H33F2N2O10PS. The molecule has 1 saturated heterocycles. The van der Waals surface area contributed by atoms with Gasteiger partial charge in [0.1, 0.15) is 17.5 Å². The van der Waals surface area contributed by atoms with Gasteiger partial charge in [-0.15, -0.1) is 0 Å². The van der Waals surface area contributed by atoms with E-state index in [4.69, 9.17) is 40.0 Å². The maximum atomic E-state index is 15.4. The lowest BCUT2D eigenvalue weighted by atomic mass is 9.98. The molecule has 1 aliphatic rings. The van der Waals surface area contributed by atoms with Gasteiger partial charge in [-0.25, -0.2) is 27.2 Å². The summed E-state index contributed by atoms with van der Waals surface area (Å²) < 4.78 is 74.0. The van der Waals surface area contributed by atoms with E-state index in [9.17, 15) is 23.3 Å². The second-order valence-corrected chi connectivity index (χ2v) is 12.7. The van der Waals surface area contributed by atoms with Gasteiger partial charge in [0.25, 0.3) is 5.85 Å². The van der Waals surface area contributed by atoms with Crippen molar-refractivity contribution in [3.63, 3.8) is 0 Å². The van der Waals surface area contributed by atoms with Gasteiger partial charge in [-0.2, -0.15) is 0 Å². The maximum absolute atomic E-state index is 15.4. The molecule has 2 rings (SSSR count). The molecule has 1 fully saturated rings. The first-order chi connectivity index (χ1) is 17.3. The van der Waals surface area contributed by atoms with Crippen molar-refractivity contribution in [2.45, 2.75) is 73.1 Å². The van der Waals surface area contributed by atoms with Gasteiger partial charge in [-0.05, 0) is 48.5 Å². The van der Waals surface area contributed by atoms with Gasteiger partial charge in [-0.1, -0.05) is 12.2 Å². The first kappa shape index (κ1) is 32.2. The van der Waals surface area contributed by atoms with Crippen LogP contribution in [0.4, 0.5) is 8.78 Å². The average Bonchev–Trinajstić information content (AvgIpc) is 3.08. The zero-order valence-corrected chi connectivity index (χ0v) is 23.9. The number of esters is 2. The van der Waals surface area contributed by atoms with Crippen molar-refractivity contribution in [3.05, 3.63) is 26.9 Å². The molecule has 0 saturated carbocycles. The fraction of sp³-hybridized carbons (Fsp3) is 0.727. The van der Waals surface area contributed by atoms with E-state index in [2.05, 4.69) is 4.98 Å². The first-order valence-corrected chi connectivity index (χ1v) is 13.4. The number of hydrogen-bond acceptors (Lipinski definition) is 11. The number of H-pyrrole nitrogens is 1. The fourth-order valence-corrected chi connectivity index (χ4v) is 3.86. The SMILES string of the molecule is Cc1cn([C@H]2C[C@H](F)[C@@](F)(COP(=O)(OCOC(=O)C(C)(C)C)OCOC(=O)C(C)(C)C)O2)c(=O)[nH]c1=S. The molecule has 1 N–H and O–H groups in total. The van der Waals surface area contributed by atoms with Crippen LogP contribution in [-0.4, -0.2) is 53.7 Å². The Kier molecular flexibility index (Phi) is 10.2. The van der Waals surface area contributed by atoms with Gasteiger partial charge < -0.3 is 14.2 Å². The summed E-state index contributed by atoms with van der Waals surface area (Å²) in [5.41, 5.74) is -2.13. The van der Waals surface area contributed by atoms with Crippen molar-refractivity contribution < 1.29 is 50.7 Å². The predicted octanol–water partition coefficient (Wildman–Crippen LogP) is 4.39. The Morgan fingerprint density at radius 3 is 2.11 bits per heavy atom. The maximum Gasteiger partial charge on any atom is 0.480 e. The zero-order chi connectivity index (χ0) is 29.1. The highest BCUT2D eigenvalue weighted by molar-refractivity contribution is 7.71.